The van der Waals surface area contributed by atoms with Crippen LogP contribution in [0.4, 0.5) is 5.69 Å². The minimum atomic E-state index is -1.15. The zero-order chi connectivity index (χ0) is 62.4. The highest BCUT2D eigenvalue weighted by Crippen LogP contribution is 2.63. The van der Waals surface area contributed by atoms with Gasteiger partial charge in [0.05, 0.1) is 114 Å². The number of hydrogen-bond donors (Lipinski definition) is 0. The topological polar surface area (TPSA) is 87.8 Å². The Bertz CT molecular complexity index is 6480. The molecule has 10 heteroatoms. The summed E-state index contributed by atoms with van der Waals surface area (Å²) in [6.07, 6.45) is 4.06. The Morgan fingerprint density at radius 3 is 1.04 bits per heavy atom. The van der Waals surface area contributed by atoms with Gasteiger partial charge in [0.2, 0.25) is 0 Å². The van der Waals surface area contributed by atoms with Crippen molar-refractivity contribution >= 4 is 115 Å². The SMILES string of the molecule is [C-]#[N+]c1ccc2c(c1)c1ccccc1n2-c1ccc2c(c1)C1(c3cc(-n4c5ccccc5c5cc(-n6c7ccccc7c7cc(C#N)ccc76)ccc54)ccc3O2)c2cc(-n3c4ccccc4c4ccccc43)cnc2-c2ncc(-n3c4ccccc4c4ccccc43)cc21. The molecule has 10 nitrogen and oxygen atoms in total. The quantitative estimate of drug-likeness (QED) is 0.161. The van der Waals surface area contributed by atoms with Crippen molar-refractivity contribution in [3.8, 4) is 57.4 Å². The fourth-order valence-corrected chi connectivity index (χ4v) is 16.6. The van der Waals surface area contributed by atoms with Crippen LogP contribution >= 0.6 is 0 Å². The Kier molecular flexibility index (Phi) is 10.2. The van der Waals surface area contributed by atoms with E-state index in [9.17, 15) is 5.26 Å². The first-order chi connectivity index (χ1) is 47.0. The van der Waals surface area contributed by atoms with Gasteiger partial charge in [-0.2, -0.15) is 5.26 Å². The Labute approximate surface area is 541 Å². The summed E-state index contributed by atoms with van der Waals surface area (Å²) in [5.41, 5.74) is 20.8. The molecule has 1 aliphatic heterocycles. The molecule has 0 saturated heterocycles. The van der Waals surface area contributed by atoms with Crippen LogP contribution in [0.3, 0.4) is 0 Å². The molecule has 19 aromatic rings. The molecule has 95 heavy (non-hydrogen) atoms. The second kappa shape index (κ2) is 18.9. The Balaban J connectivity index is 0.878. The molecular weight excluding hydrogens is 1160 g/mol. The smallest absolute Gasteiger partial charge is 0.188 e. The van der Waals surface area contributed by atoms with E-state index in [1.54, 1.807) is 0 Å². The maximum Gasteiger partial charge on any atom is 0.188 e. The molecule has 0 atom stereocenters. The fourth-order valence-electron chi connectivity index (χ4n) is 16.6. The number of nitriles is 1. The molecule has 1 spiro atoms. The summed E-state index contributed by atoms with van der Waals surface area (Å²) in [7, 11) is 0. The molecule has 21 rings (SSSR count). The van der Waals surface area contributed by atoms with Gasteiger partial charge in [0.25, 0.3) is 0 Å². The lowest BCUT2D eigenvalue weighted by Gasteiger charge is -2.39. The van der Waals surface area contributed by atoms with Gasteiger partial charge in [-0.1, -0.05) is 133 Å². The number of hydrogen-bond acceptors (Lipinski definition) is 4. The molecule has 0 saturated carbocycles. The second-order valence-corrected chi connectivity index (χ2v) is 25.0. The summed E-state index contributed by atoms with van der Waals surface area (Å²) in [5.74, 6) is 1.43. The maximum atomic E-state index is 10.0. The molecule has 438 valence electrons. The normalized spacial score (nSPS) is 13.0. The zero-order valence-corrected chi connectivity index (χ0v) is 50.6. The number of para-hydroxylation sites is 7. The van der Waals surface area contributed by atoms with E-state index in [-0.39, 0.29) is 0 Å². The van der Waals surface area contributed by atoms with Crippen LogP contribution in [0.1, 0.15) is 27.8 Å². The number of benzene rings is 12. The van der Waals surface area contributed by atoms with Crippen LogP contribution in [-0.4, -0.2) is 32.8 Å². The first kappa shape index (κ1) is 51.5. The van der Waals surface area contributed by atoms with Gasteiger partial charge >= 0.3 is 0 Å². The minimum Gasteiger partial charge on any atom is -0.457 e. The van der Waals surface area contributed by atoms with Gasteiger partial charge in [0.15, 0.2) is 5.69 Å². The van der Waals surface area contributed by atoms with Crippen molar-refractivity contribution < 1.29 is 4.74 Å². The standard InChI is InChI=1S/C85H47N9O/c1-87-51-31-36-79-65(41-51)62-21-7-14-28-76(62)91(79)53-33-38-81-67(43-53)85(68-44-54(34-39-82(68)95-81)92-77-29-15-8-22-63(77)66-42-52(32-37-80(66)92)90-75-27-13-6-20-61(75)64-40-50(47-86)30-35-78(64)90)69-45-55(93-71-23-9-2-16-57(71)58-17-3-10-24-72(58)93)48-88-83(69)84-70(85)46-56(49-89-84)94-73-25-11-4-18-59(73)60-19-5-12-26-74(60)94/h2-46,48-49H. The van der Waals surface area contributed by atoms with Crippen molar-refractivity contribution in [2.45, 2.75) is 5.41 Å². The van der Waals surface area contributed by atoms with Gasteiger partial charge in [-0.15, -0.1) is 0 Å². The molecule has 0 bridgehead atoms. The third-order valence-corrected chi connectivity index (χ3v) is 20.4. The van der Waals surface area contributed by atoms with Gasteiger partial charge in [-0.25, -0.2) is 4.85 Å². The summed E-state index contributed by atoms with van der Waals surface area (Å²) < 4.78 is 19.3. The first-order valence-electron chi connectivity index (χ1n) is 31.9. The molecule has 8 heterocycles. The average molecular weight is 1210 g/mol. The lowest BCUT2D eigenvalue weighted by atomic mass is 9.66. The number of rotatable bonds is 5. The van der Waals surface area contributed by atoms with Crippen LogP contribution in [0.25, 0.3) is 154 Å². The lowest BCUT2D eigenvalue weighted by Crippen LogP contribution is -2.33. The van der Waals surface area contributed by atoms with Gasteiger partial charge in [-0.3, -0.25) is 9.97 Å². The largest absolute Gasteiger partial charge is 0.457 e. The van der Waals surface area contributed by atoms with Gasteiger partial charge < -0.3 is 27.6 Å². The summed E-state index contributed by atoms with van der Waals surface area (Å²) >= 11 is 0. The second-order valence-electron chi connectivity index (χ2n) is 25.0. The van der Waals surface area contributed by atoms with Crippen molar-refractivity contribution in [2.75, 3.05) is 0 Å². The maximum absolute atomic E-state index is 10.0. The lowest BCUT2D eigenvalue weighted by molar-refractivity contribution is 0.436. The van der Waals surface area contributed by atoms with Gasteiger partial charge in [0, 0.05) is 87.8 Å². The van der Waals surface area contributed by atoms with E-state index >= 15 is 0 Å². The molecule has 0 fully saturated rings. The number of nitrogens with zero attached hydrogens (tertiary/aromatic N) is 9. The molecule has 0 amide bonds. The van der Waals surface area contributed by atoms with Crippen molar-refractivity contribution in [1.29, 1.82) is 5.26 Å². The molecule has 7 aromatic heterocycles. The van der Waals surface area contributed by atoms with E-state index in [2.05, 4.69) is 282 Å². The summed E-state index contributed by atoms with van der Waals surface area (Å²) in [5, 5.41) is 21.1. The predicted octanol–water partition coefficient (Wildman–Crippen LogP) is 20.9. The molecule has 12 aromatic carbocycles. The van der Waals surface area contributed by atoms with Crippen molar-refractivity contribution in [2.24, 2.45) is 0 Å². The molecule has 2 aliphatic rings. The highest BCUT2D eigenvalue weighted by molar-refractivity contribution is 6.15. The van der Waals surface area contributed by atoms with Crippen molar-refractivity contribution in [1.82, 2.24) is 32.8 Å². The van der Waals surface area contributed by atoms with Crippen molar-refractivity contribution in [3.05, 3.63) is 325 Å². The first-order valence-corrected chi connectivity index (χ1v) is 31.9. The minimum absolute atomic E-state index is 0.589. The number of aromatic nitrogens is 7. The summed E-state index contributed by atoms with van der Waals surface area (Å²) in [6, 6.07) is 99.7. The summed E-state index contributed by atoms with van der Waals surface area (Å²) in [4.78, 5) is 15.2. The van der Waals surface area contributed by atoms with E-state index in [0.29, 0.717) is 17.0 Å². The van der Waals surface area contributed by atoms with E-state index in [0.717, 1.165) is 177 Å². The number of pyridine rings is 2. The van der Waals surface area contributed by atoms with E-state index in [1.807, 2.05) is 36.7 Å². The Hall–Kier alpha value is -13.3. The van der Waals surface area contributed by atoms with Crippen LogP contribution in [0, 0.1) is 17.9 Å². The molecule has 0 unspecified atom stereocenters. The van der Waals surface area contributed by atoms with Crippen LogP contribution in [0.15, 0.2) is 285 Å². The highest BCUT2D eigenvalue weighted by Gasteiger charge is 2.54. The van der Waals surface area contributed by atoms with E-state index in [1.165, 1.54) is 0 Å². The number of fused-ring (bicyclic) bond motifs is 24. The molecule has 0 N–H and O–H groups in total. The van der Waals surface area contributed by atoms with Crippen LogP contribution in [-0.2, 0) is 5.41 Å². The van der Waals surface area contributed by atoms with Crippen LogP contribution < -0.4 is 4.74 Å². The highest BCUT2D eigenvalue weighted by atomic mass is 16.5. The fraction of sp³-hybridized carbons (Fsp3) is 0.0118. The average Bonchev–Trinajstić information content (AvgIpc) is 1.56. The zero-order valence-electron chi connectivity index (χ0n) is 50.6. The third-order valence-electron chi connectivity index (χ3n) is 20.4. The summed E-state index contributed by atoms with van der Waals surface area (Å²) in [6.45, 7) is 8.07. The molecule has 1 aliphatic carbocycles. The van der Waals surface area contributed by atoms with Gasteiger partial charge in [0.1, 0.15) is 11.5 Å². The Morgan fingerprint density at radius 1 is 0.316 bits per heavy atom. The molecular formula is C85H47N9O. The van der Waals surface area contributed by atoms with Gasteiger partial charge in [-0.05, 0) is 145 Å². The monoisotopic (exact) mass is 1210 g/mol. The third kappa shape index (κ3) is 6.83. The van der Waals surface area contributed by atoms with E-state index < -0.39 is 5.41 Å². The van der Waals surface area contributed by atoms with Crippen LogP contribution in [0.2, 0.25) is 0 Å². The van der Waals surface area contributed by atoms with Crippen LogP contribution in [0.5, 0.6) is 11.5 Å². The van der Waals surface area contributed by atoms with Crippen molar-refractivity contribution in [3.63, 3.8) is 0 Å². The Morgan fingerprint density at radius 2 is 0.632 bits per heavy atom. The van der Waals surface area contributed by atoms with E-state index in [4.69, 9.17) is 21.3 Å². The number of ether oxygens (including phenoxy) is 1. The molecule has 0 radical (unpaired) electrons. The predicted molar refractivity (Wildman–Crippen MR) is 382 cm³/mol.